The Kier molecular flexibility index (Phi) is 7.28. The van der Waals surface area contributed by atoms with Gasteiger partial charge < -0.3 is 20.1 Å². The van der Waals surface area contributed by atoms with Crippen LogP contribution in [0.4, 0.5) is 5.69 Å². The first-order valence-electron chi connectivity index (χ1n) is 9.99. The fourth-order valence-electron chi connectivity index (χ4n) is 3.83. The molecule has 162 valence electrons. The van der Waals surface area contributed by atoms with Crippen LogP contribution in [0.3, 0.4) is 0 Å². The first-order chi connectivity index (χ1) is 14.5. The highest BCUT2D eigenvalue weighted by Crippen LogP contribution is 2.24. The van der Waals surface area contributed by atoms with Gasteiger partial charge in [-0.2, -0.15) is 0 Å². The number of ether oxygens (including phenoxy) is 1. The molecule has 4 rings (SSSR count). The fourth-order valence-corrected chi connectivity index (χ4v) is 3.83. The minimum Gasteiger partial charge on any atom is -0.478 e. The molecule has 6 nitrogen and oxygen atoms in total. The molecule has 3 aromatic rings. The quantitative estimate of drug-likeness (QED) is 0.604. The summed E-state index contributed by atoms with van der Waals surface area (Å²) >= 11 is 0. The smallest absolute Gasteiger partial charge is 0.335 e. The molecular weight excluding hydrogens is 416 g/mol. The molecule has 7 heteroatoms. The van der Waals surface area contributed by atoms with E-state index >= 15 is 0 Å². The molecule has 0 aliphatic carbocycles. The molecule has 0 aromatic heterocycles. The molecule has 0 spiro atoms. The standard InChI is InChI=1S/C24H24N2O4.ClH/c1-16(21-8-4-6-17-5-2-3-7-22(17)21)25-13-20-14-26(23(27)15-30-20)19-11-9-18(10-12-19)24(28)29;/h2-12,16,20,25H,13-15H2,1H3,(H,28,29);1H/t16-,20?;/m1./s1. The predicted molar refractivity (Wildman–Crippen MR) is 123 cm³/mol. The van der Waals surface area contributed by atoms with Crippen molar-refractivity contribution in [3.05, 3.63) is 77.9 Å². The molecule has 0 bridgehead atoms. The number of benzene rings is 3. The average Bonchev–Trinajstić information content (AvgIpc) is 2.78. The number of carboxylic acid groups (broad SMARTS) is 1. The Hall–Kier alpha value is -2.93. The number of carbonyl (C=O) groups is 2. The lowest BCUT2D eigenvalue weighted by Crippen LogP contribution is -2.50. The Balaban J connectivity index is 0.00000272. The Bertz CT molecular complexity index is 1070. The van der Waals surface area contributed by atoms with Crippen molar-refractivity contribution in [1.29, 1.82) is 0 Å². The van der Waals surface area contributed by atoms with E-state index in [9.17, 15) is 9.59 Å². The molecule has 1 fully saturated rings. The number of rotatable bonds is 6. The minimum absolute atomic E-state index is 0. The molecule has 0 saturated carbocycles. The van der Waals surface area contributed by atoms with Crippen molar-refractivity contribution in [2.24, 2.45) is 0 Å². The molecule has 2 N–H and O–H groups in total. The maximum atomic E-state index is 12.3. The van der Waals surface area contributed by atoms with Gasteiger partial charge in [0.15, 0.2) is 0 Å². The average molecular weight is 441 g/mol. The van der Waals surface area contributed by atoms with Crippen LogP contribution >= 0.6 is 12.4 Å². The van der Waals surface area contributed by atoms with Gasteiger partial charge in [0.25, 0.3) is 5.91 Å². The molecule has 1 aliphatic rings. The topological polar surface area (TPSA) is 78.9 Å². The van der Waals surface area contributed by atoms with E-state index in [2.05, 4.69) is 42.6 Å². The van der Waals surface area contributed by atoms with Crippen LogP contribution < -0.4 is 10.2 Å². The van der Waals surface area contributed by atoms with E-state index < -0.39 is 5.97 Å². The van der Waals surface area contributed by atoms with Gasteiger partial charge in [0.1, 0.15) is 6.61 Å². The lowest BCUT2D eigenvalue weighted by molar-refractivity contribution is -0.129. The molecule has 1 aliphatic heterocycles. The second kappa shape index (κ2) is 9.92. The second-order valence-electron chi connectivity index (χ2n) is 7.49. The summed E-state index contributed by atoms with van der Waals surface area (Å²) in [4.78, 5) is 25.0. The zero-order valence-electron chi connectivity index (χ0n) is 17.2. The van der Waals surface area contributed by atoms with Crippen LogP contribution in [-0.4, -0.2) is 42.8 Å². The van der Waals surface area contributed by atoms with E-state index in [1.54, 1.807) is 17.0 Å². The largest absolute Gasteiger partial charge is 0.478 e. The van der Waals surface area contributed by atoms with E-state index in [0.717, 1.165) is 0 Å². The van der Waals surface area contributed by atoms with Crippen LogP contribution in [0.15, 0.2) is 66.7 Å². The Morgan fingerprint density at radius 3 is 2.58 bits per heavy atom. The number of anilines is 1. The van der Waals surface area contributed by atoms with E-state index in [0.29, 0.717) is 18.8 Å². The molecule has 1 unspecified atom stereocenters. The van der Waals surface area contributed by atoms with Crippen LogP contribution in [0.5, 0.6) is 0 Å². The zero-order valence-corrected chi connectivity index (χ0v) is 18.0. The summed E-state index contributed by atoms with van der Waals surface area (Å²) in [7, 11) is 0. The van der Waals surface area contributed by atoms with Gasteiger partial charge in [0, 0.05) is 18.3 Å². The second-order valence-corrected chi connectivity index (χ2v) is 7.49. The van der Waals surface area contributed by atoms with Gasteiger partial charge in [-0.25, -0.2) is 4.79 Å². The minimum atomic E-state index is -0.987. The number of halogens is 1. The van der Waals surface area contributed by atoms with Crippen molar-refractivity contribution in [1.82, 2.24) is 5.32 Å². The number of aromatic carboxylic acids is 1. The van der Waals surface area contributed by atoms with Crippen LogP contribution in [0.25, 0.3) is 10.8 Å². The lowest BCUT2D eigenvalue weighted by Gasteiger charge is -2.33. The molecule has 0 radical (unpaired) electrons. The van der Waals surface area contributed by atoms with Crippen molar-refractivity contribution in [3.63, 3.8) is 0 Å². The van der Waals surface area contributed by atoms with Crippen molar-refractivity contribution < 1.29 is 19.4 Å². The number of amides is 1. The van der Waals surface area contributed by atoms with Crippen LogP contribution in [-0.2, 0) is 9.53 Å². The van der Waals surface area contributed by atoms with E-state index in [4.69, 9.17) is 9.84 Å². The number of nitrogens with zero attached hydrogens (tertiary/aromatic N) is 1. The molecule has 1 amide bonds. The number of nitrogens with one attached hydrogen (secondary N) is 1. The number of carbonyl (C=O) groups excluding carboxylic acids is 1. The maximum absolute atomic E-state index is 12.3. The highest BCUT2D eigenvalue weighted by Gasteiger charge is 2.28. The molecule has 31 heavy (non-hydrogen) atoms. The third kappa shape index (κ3) is 5.05. The Labute approximate surface area is 187 Å². The van der Waals surface area contributed by atoms with Gasteiger partial charge in [0.2, 0.25) is 0 Å². The van der Waals surface area contributed by atoms with Gasteiger partial charge in [-0.1, -0.05) is 42.5 Å². The van der Waals surface area contributed by atoms with E-state index in [-0.39, 0.29) is 42.6 Å². The SMILES string of the molecule is C[C@@H](NCC1CN(c2ccc(C(=O)O)cc2)C(=O)CO1)c1cccc2ccccc12.Cl. The normalized spacial score (nSPS) is 17.3. The van der Waals surface area contributed by atoms with Crippen molar-refractivity contribution >= 4 is 40.7 Å². The van der Waals surface area contributed by atoms with Gasteiger partial charge in [-0.05, 0) is 47.5 Å². The zero-order chi connectivity index (χ0) is 21.1. The highest BCUT2D eigenvalue weighted by molar-refractivity contribution is 5.96. The van der Waals surface area contributed by atoms with Gasteiger partial charge >= 0.3 is 5.97 Å². The Morgan fingerprint density at radius 2 is 1.84 bits per heavy atom. The summed E-state index contributed by atoms with van der Waals surface area (Å²) in [6.45, 7) is 3.15. The molecule has 1 saturated heterocycles. The number of hydrogen-bond acceptors (Lipinski definition) is 4. The predicted octanol–water partition coefficient (Wildman–Crippen LogP) is 4.04. The molecule has 2 atom stereocenters. The fraction of sp³-hybridized carbons (Fsp3) is 0.250. The third-order valence-corrected chi connectivity index (χ3v) is 5.50. The van der Waals surface area contributed by atoms with E-state index in [1.807, 2.05) is 12.1 Å². The van der Waals surface area contributed by atoms with Crippen LogP contribution in [0.1, 0.15) is 28.9 Å². The summed E-state index contributed by atoms with van der Waals surface area (Å²) in [5.74, 6) is -1.12. The van der Waals surface area contributed by atoms with Crippen LogP contribution in [0, 0.1) is 0 Å². The number of hydrogen-bond donors (Lipinski definition) is 2. The van der Waals surface area contributed by atoms with Crippen molar-refractivity contribution in [2.45, 2.75) is 19.1 Å². The monoisotopic (exact) mass is 440 g/mol. The molecule has 1 heterocycles. The lowest BCUT2D eigenvalue weighted by atomic mass is 9.99. The molecule has 3 aromatic carbocycles. The first kappa shape index (κ1) is 22.7. The summed E-state index contributed by atoms with van der Waals surface area (Å²) in [6.07, 6.45) is -0.153. The number of carboxylic acids is 1. The van der Waals surface area contributed by atoms with Gasteiger partial charge in [0.05, 0.1) is 18.2 Å². The van der Waals surface area contributed by atoms with Gasteiger partial charge in [-0.3, -0.25) is 4.79 Å². The Morgan fingerprint density at radius 1 is 1.13 bits per heavy atom. The number of morpholine rings is 1. The summed E-state index contributed by atoms with van der Waals surface area (Å²) in [6, 6.07) is 21.1. The van der Waals surface area contributed by atoms with Crippen LogP contribution in [0.2, 0.25) is 0 Å². The highest BCUT2D eigenvalue weighted by atomic mass is 35.5. The first-order valence-corrected chi connectivity index (χ1v) is 9.99. The van der Waals surface area contributed by atoms with E-state index in [1.165, 1.54) is 28.5 Å². The molecular formula is C24H25ClN2O4. The maximum Gasteiger partial charge on any atom is 0.335 e. The van der Waals surface area contributed by atoms with Gasteiger partial charge in [-0.15, -0.1) is 12.4 Å². The number of fused-ring (bicyclic) bond motifs is 1. The summed E-state index contributed by atoms with van der Waals surface area (Å²) < 4.78 is 5.73. The third-order valence-electron chi connectivity index (χ3n) is 5.50. The van der Waals surface area contributed by atoms with Crippen molar-refractivity contribution in [2.75, 3.05) is 24.6 Å². The summed E-state index contributed by atoms with van der Waals surface area (Å²) in [5.41, 5.74) is 2.10. The summed E-state index contributed by atoms with van der Waals surface area (Å²) in [5, 5.41) is 15.0. The van der Waals surface area contributed by atoms with Crippen molar-refractivity contribution in [3.8, 4) is 0 Å².